The molecule has 2 aromatic carbocycles. The Kier molecular flexibility index (Phi) is 4.47. The van der Waals surface area contributed by atoms with Crippen LogP contribution in [-0.4, -0.2) is 11.0 Å². The van der Waals surface area contributed by atoms with Gasteiger partial charge in [-0.15, -0.1) is 11.3 Å². The molecular weight excluding hydrogens is 349 g/mol. The summed E-state index contributed by atoms with van der Waals surface area (Å²) in [6.45, 7) is 3.75. The summed E-state index contributed by atoms with van der Waals surface area (Å²) >= 11 is 7.55. The van der Waals surface area contributed by atoms with E-state index in [4.69, 9.17) is 11.6 Å². The zero-order chi connectivity index (χ0) is 17.4. The average molecular weight is 364 g/mol. The van der Waals surface area contributed by atoms with E-state index in [2.05, 4.69) is 0 Å². The number of nitrogens with zero attached hydrogens (tertiary/aromatic N) is 1. The number of thiophene rings is 1. The topological polar surface area (TPSA) is 40.5 Å². The molecule has 0 unspecified atom stereocenters. The molecule has 0 bridgehead atoms. The van der Waals surface area contributed by atoms with E-state index in [1.54, 1.807) is 29.2 Å². The molecule has 1 amide bonds. The van der Waals surface area contributed by atoms with Gasteiger partial charge in [0.25, 0.3) is 0 Å². The molecule has 124 valence electrons. The zero-order valence-corrected chi connectivity index (χ0v) is 14.7. The number of phenolic OH excluding ortho intramolecular Hbond substituents is 1. The summed E-state index contributed by atoms with van der Waals surface area (Å²) < 4.78 is 13.8. The number of halogens is 2. The molecule has 3 aromatic rings. The van der Waals surface area contributed by atoms with Crippen LogP contribution in [0.5, 0.6) is 5.75 Å². The van der Waals surface area contributed by atoms with Gasteiger partial charge < -0.3 is 5.11 Å². The fraction of sp³-hybridized carbons (Fsp3) is 0.167. The van der Waals surface area contributed by atoms with E-state index in [1.165, 1.54) is 30.4 Å². The van der Waals surface area contributed by atoms with Gasteiger partial charge in [-0.05, 0) is 47.7 Å². The number of aromatic hydroxyl groups is 1. The molecule has 6 heteroatoms. The van der Waals surface area contributed by atoms with Crippen LogP contribution in [0.4, 0.5) is 9.39 Å². The smallest absolute Gasteiger partial charge is 0.224 e. The minimum absolute atomic E-state index is 0.0184. The molecule has 0 spiro atoms. The van der Waals surface area contributed by atoms with Crippen LogP contribution in [0.15, 0.2) is 36.4 Å². The number of amides is 1. The molecule has 1 N–H and O–H groups in total. The highest BCUT2D eigenvalue weighted by molar-refractivity contribution is 7.23. The van der Waals surface area contributed by atoms with Crippen molar-refractivity contribution in [1.29, 1.82) is 0 Å². The second kappa shape index (κ2) is 6.42. The first-order chi connectivity index (χ1) is 11.4. The third-order valence-corrected chi connectivity index (χ3v) is 5.72. The van der Waals surface area contributed by atoms with Crippen molar-refractivity contribution in [3.8, 4) is 5.75 Å². The highest BCUT2D eigenvalue weighted by Gasteiger charge is 2.21. The summed E-state index contributed by atoms with van der Waals surface area (Å²) in [5.41, 5.74) is 1.76. The van der Waals surface area contributed by atoms with Crippen molar-refractivity contribution in [2.24, 2.45) is 0 Å². The van der Waals surface area contributed by atoms with E-state index in [0.717, 1.165) is 26.2 Å². The predicted molar refractivity (Wildman–Crippen MR) is 96.5 cm³/mol. The predicted octanol–water partition coefficient (Wildman–Crippen LogP) is 5.26. The number of phenols is 1. The number of rotatable bonds is 3. The van der Waals surface area contributed by atoms with Crippen molar-refractivity contribution in [2.75, 3.05) is 4.90 Å². The Morgan fingerprint density at radius 2 is 1.92 bits per heavy atom. The van der Waals surface area contributed by atoms with Gasteiger partial charge in [0, 0.05) is 6.92 Å². The number of fused-ring (bicyclic) bond motifs is 1. The normalized spacial score (nSPS) is 11.0. The third kappa shape index (κ3) is 2.97. The summed E-state index contributed by atoms with van der Waals surface area (Å²) in [6, 6.07) is 9.41. The number of benzene rings is 2. The first-order valence-electron chi connectivity index (χ1n) is 7.31. The lowest BCUT2D eigenvalue weighted by atomic mass is 10.1. The minimum atomic E-state index is -0.312. The van der Waals surface area contributed by atoms with Gasteiger partial charge in [0.1, 0.15) is 21.6 Å². The van der Waals surface area contributed by atoms with Crippen LogP contribution in [0.1, 0.15) is 18.1 Å². The van der Waals surface area contributed by atoms with Crippen LogP contribution in [-0.2, 0) is 11.3 Å². The number of anilines is 1. The fourth-order valence-corrected chi connectivity index (χ4v) is 4.15. The second-order valence-corrected chi connectivity index (χ2v) is 6.92. The minimum Gasteiger partial charge on any atom is -0.506 e. The van der Waals surface area contributed by atoms with E-state index < -0.39 is 0 Å². The number of aryl methyl sites for hydroxylation is 1. The Morgan fingerprint density at radius 1 is 1.25 bits per heavy atom. The Labute approximate surface area is 147 Å². The first-order valence-corrected chi connectivity index (χ1v) is 8.51. The van der Waals surface area contributed by atoms with Gasteiger partial charge in [0.15, 0.2) is 0 Å². The van der Waals surface area contributed by atoms with Gasteiger partial charge in [0.2, 0.25) is 5.91 Å². The van der Waals surface area contributed by atoms with Crippen molar-refractivity contribution >= 4 is 43.9 Å². The van der Waals surface area contributed by atoms with Crippen molar-refractivity contribution in [3.05, 3.63) is 58.4 Å². The van der Waals surface area contributed by atoms with E-state index in [-0.39, 0.29) is 22.5 Å². The SMILES string of the molecule is CC(=O)N(Cc1ccc(F)cc1)c1sc2c(Cl)c(O)ccc2c1C. The molecular formula is C18H15ClFNO2S. The Bertz CT molecular complexity index is 921. The van der Waals surface area contributed by atoms with Gasteiger partial charge in [0.05, 0.1) is 11.2 Å². The van der Waals surface area contributed by atoms with Gasteiger partial charge in [-0.2, -0.15) is 0 Å². The average Bonchev–Trinajstić information content (AvgIpc) is 2.87. The zero-order valence-electron chi connectivity index (χ0n) is 13.1. The van der Waals surface area contributed by atoms with Crippen LogP contribution in [0.3, 0.4) is 0 Å². The van der Waals surface area contributed by atoms with E-state index in [9.17, 15) is 14.3 Å². The van der Waals surface area contributed by atoms with Crippen LogP contribution in [0.25, 0.3) is 10.1 Å². The van der Waals surface area contributed by atoms with Gasteiger partial charge in [-0.25, -0.2) is 4.39 Å². The second-order valence-electron chi connectivity index (χ2n) is 5.54. The molecule has 0 aliphatic heterocycles. The van der Waals surface area contributed by atoms with E-state index in [0.29, 0.717) is 6.54 Å². The molecule has 0 aliphatic rings. The van der Waals surface area contributed by atoms with E-state index >= 15 is 0 Å². The maximum absolute atomic E-state index is 13.1. The fourth-order valence-electron chi connectivity index (χ4n) is 2.59. The van der Waals surface area contributed by atoms with Crippen molar-refractivity contribution in [3.63, 3.8) is 0 Å². The lowest BCUT2D eigenvalue weighted by molar-refractivity contribution is -0.116. The number of hydrogen-bond donors (Lipinski definition) is 1. The summed E-state index contributed by atoms with van der Waals surface area (Å²) in [7, 11) is 0. The molecule has 1 heterocycles. The first kappa shape index (κ1) is 16.7. The molecule has 24 heavy (non-hydrogen) atoms. The van der Waals surface area contributed by atoms with Crippen LogP contribution >= 0.6 is 22.9 Å². The molecule has 3 nitrogen and oxygen atoms in total. The number of carbonyl (C=O) groups is 1. The molecule has 0 fully saturated rings. The lowest BCUT2D eigenvalue weighted by Gasteiger charge is -2.20. The van der Waals surface area contributed by atoms with Gasteiger partial charge in [-0.1, -0.05) is 23.7 Å². The molecule has 1 aromatic heterocycles. The van der Waals surface area contributed by atoms with Gasteiger partial charge >= 0.3 is 0 Å². The summed E-state index contributed by atoms with van der Waals surface area (Å²) in [5, 5.41) is 11.8. The molecule has 3 rings (SSSR count). The van der Waals surface area contributed by atoms with Crippen LogP contribution in [0, 0.1) is 12.7 Å². The van der Waals surface area contributed by atoms with Gasteiger partial charge in [-0.3, -0.25) is 9.69 Å². The molecule has 0 atom stereocenters. The van der Waals surface area contributed by atoms with E-state index in [1.807, 2.05) is 6.92 Å². The highest BCUT2D eigenvalue weighted by atomic mass is 35.5. The monoisotopic (exact) mass is 363 g/mol. The Hall–Kier alpha value is -2.11. The maximum atomic E-state index is 13.1. The standard InChI is InChI=1S/C18H15ClFNO2S/c1-10-14-7-8-15(23)16(19)17(14)24-18(10)21(11(2)22)9-12-3-5-13(20)6-4-12/h3-8,23H,9H2,1-2H3. The molecule has 0 aliphatic carbocycles. The number of carbonyl (C=O) groups excluding carboxylic acids is 1. The Balaban J connectivity index is 2.07. The molecule has 0 radical (unpaired) electrons. The molecule has 0 saturated carbocycles. The van der Waals surface area contributed by atoms with Crippen molar-refractivity contribution in [1.82, 2.24) is 0 Å². The highest BCUT2D eigenvalue weighted by Crippen LogP contribution is 2.44. The van der Waals surface area contributed by atoms with Crippen LogP contribution < -0.4 is 4.90 Å². The summed E-state index contributed by atoms with van der Waals surface area (Å²) in [4.78, 5) is 13.8. The quantitative estimate of drug-likeness (QED) is 0.689. The maximum Gasteiger partial charge on any atom is 0.224 e. The Morgan fingerprint density at radius 3 is 2.54 bits per heavy atom. The number of hydrogen-bond acceptors (Lipinski definition) is 3. The third-order valence-electron chi connectivity index (χ3n) is 3.88. The van der Waals surface area contributed by atoms with Crippen molar-refractivity contribution in [2.45, 2.75) is 20.4 Å². The molecule has 0 saturated heterocycles. The lowest BCUT2D eigenvalue weighted by Crippen LogP contribution is -2.27. The van der Waals surface area contributed by atoms with Crippen molar-refractivity contribution < 1.29 is 14.3 Å². The summed E-state index contributed by atoms with van der Waals surface area (Å²) in [5.74, 6) is -0.410. The van der Waals surface area contributed by atoms with Crippen LogP contribution in [0.2, 0.25) is 5.02 Å². The summed E-state index contributed by atoms with van der Waals surface area (Å²) in [6.07, 6.45) is 0. The largest absolute Gasteiger partial charge is 0.506 e.